The molecular formula is C19H24N2O. The molecule has 2 aromatic rings. The Kier molecular flexibility index (Phi) is 4.34. The van der Waals surface area contributed by atoms with Crippen molar-refractivity contribution in [1.29, 1.82) is 0 Å². The molecule has 22 heavy (non-hydrogen) atoms. The fourth-order valence-corrected chi connectivity index (χ4v) is 3.38. The van der Waals surface area contributed by atoms with Crippen LogP contribution >= 0.6 is 0 Å². The van der Waals surface area contributed by atoms with Crippen LogP contribution in [0.5, 0.6) is 5.75 Å². The second-order valence-corrected chi connectivity index (χ2v) is 6.19. The standard InChI is InChI=1S/C19H24N2O/c1-14(12-20-2)13-21-17-8-4-3-6-15(17)10-11-16-7-5-9-18(22)19(16)21/h3-9,14,20,22H,10-13H2,1-2H3. The molecule has 0 saturated carbocycles. The zero-order valence-corrected chi connectivity index (χ0v) is 13.3. The summed E-state index contributed by atoms with van der Waals surface area (Å²) in [6, 6.07) is 14.4. The average Bonchev–Trinajstić information content (AvgIpc) is 2.67. The highest BCUT2D eigenvalue weighted by Gasteiger charge is 2.24. The van der Waals surface area contributed by atoms with Crippen LogP contribution in [0.4, 0.5) is 11.4 Å². The number of phenols is 1. The number of aryl methyl sites for hydroxylation is 2. The van der Waals surface area contributed by atoms with Crippen molar-refractivity contribution in [1.82, 2.24) is 5.32 Å². The quantitative estimate of drug-likeness (QED) is 0.906. The second-order valence-electron chi connectivity index (χ2n) is 6.19. The van der Waals surface area contributed by atoms with E-state index < -0.39 is 0 Å². The van der Waals surface area contributed by atoms with Crippen molar-refractivity contribution >= 4 is 11.4 Å². The van der Waals surface area contributed by atoms with E-state index in [1.807, 2.05) is 13.1 Å². The summed E-state index contributed by atoms with van der Waals surface area (Å²) >= 11 is 0. The summed E-state index contributed by atoms with van der Waals surface area (Å²) in [5, 5.41) is 13.7. The third-order valence-electron chi connectivity index (χ3n) is 4.36. The Bertz CT molecular complexity index is 654. The van der Waals surface area contributed by atoms with Crippen molar-refractivity contribution in [2.24, 2.45) is 5.92 Å². The maximum absolute atomic E-state index is 10.5. The third-order valence-corrected chi connectivity index (χ3v) is 4.36. The number of hydrogen-bond donors (Lipinski definition) is 2. The molecule has 2 aromatic carbocycles. The Labute approximate surface area is 132 Å². The highest BCUT2D eigenvalue weighted by molar-refractivity contribution is 5.75. The molecule has 1 aliphatic rings. The SMILES string of the molecule is CNCC(C)CN1c2ccccc2CCc2cccc(O)c21. The fraction of sp³-hybridized carbons (Fsp3) is 0.368. The number of rotatable bonds is 4. The predicted octanol–water partition coefficient (Wildman–Crippen LogP) is 3.48. The molecule has 1 aliphatic heterocycles. The Hall–Kier alpha value is -2.00. The van der Waals surface area contributed by atoms with Gasteiger partial charge in [-0.25, -0.2) is 0 Å². The number of aromatic hydroxyl groups is 1. The number of fused-ring (bicyclic) bond motifs is 2. The van der Waals surface area contributed by atoms with Gasteiger partial charge >= 0.3 is 0 Å². The first kappa shape index (κ1) is 14.9. The highest BCUT2D eigenvalue weighted by atomic mass is 16.3. The molecule has 0 aliphatic carbocycles. The molecule has 2 N–H and O–H groups in total. The van der Waals surface area contributed by atoms with Gasteiger partial charge in [-0.2, -0.15) is 0 Å². The summed E-state index contributed by atoms with van der Waals surface area (Å²) in [6.45, 7) is 4.09. The number of nitrogens with one attached hydrogen (secondary N) is 1. The van der Waals surface area contributed by atoms with E-state index in [1.165, 1.54) is 16.8 Å². The van der Waals surface area contributed by atoms with Crippen LogP contribution in [0.25, 0.3) is 0 Å². The number of para-hydroxylation sites is 2. The minimum absolute atomic E-state index is 0.380. The summed E-state index contributed by atoms with van der Waals surface area (Å²) in [6.07, 6.45) is 1.99. The molecule has 0 spiro atoms. The molecule has 0 radical (unpaired) electrons. The fourth-order valence-electron chi connectivity index (χ4n) is 3.38. The van der Waals surface area contributed by atoms with Crippen LogP contribution < -0.4 is 10.2 Å². The first-order valence-corrected chi connectivity index (χ1v) is 8.01. The molecule has 0 amide bonds. The number of nitrogens with zero attached hydrogens (tertiary/aromatic N) is 1. The Morgan fingerprint density at radius 3 is 2.64 bits per heavy atom. The Balaban J connectivity index is 2.08. The van der Waals surface area contributed by atoms with Crippen LogP contribution in [0.3, 0.4) is 0 Å². The lowest BCUT2D eigenvalue weighted by atomic mass is 10.0. The molecule has 1 unspecified atom stereocenters. The molecule has 1 atom stereocenters. The Morgan fingerprint density at radius 1 is 1.09 bits per heavy atom. The van der Waals surface area contributed by atoms with Crippen molar-refractivity contribution in [3.63, 3.8) is 0 Å². The summed E-state index contributed by atoms with van der Waals surface area (Å²) < 4.78 is 0. The van der Waals surface area contributed by atoms with Crippen LogP contribution in [0.15, 0.2) is 42.5 Å². The van der Waals surface area contributed by atoms with Crippen molar-refractivity contribution in [2.75, 3.05) is 25.0 Å². The molecule has 1 heterocycles. The maximum Gasteiger partial charge on any atom is 0.139 e. The first-order chi connectivity index (χ1) is 10.7. The molecule has 0 bridgehead atoms. The van der Waals surface area contributed by atoms with E-state index in [2.05, 4.69) is 47.5 Å². The van der Waals surface area contributed by atoms with Gasteiger partial charge in [-0.1, -0.05) is 37.3 Å². The lowest BCUT2D eigenvalue weighted by Gasteiger charge is -2.30. The molecule has 3 rings (SSSR count). The van der Waals surface area contributed by atoms with Crippen LogP contribution in [-0.2, 0) is 12.8 Å². The smallest absolute Gasteiger partial charge is 0.139 e. The molecule has 3 heteroatoms. The number of benzene rings is 2. The topological polar surface area (TPSA) is 35.5 Å². The van der Waals surface area contributed by atoms with Crippen LogP contribution in [-0.4, -0.2) is 25.2 Å². The number of phenolic OH excluding ortho intramolecular Hbond substituents is 1. The van der Waals surface area contributed by atoms with Crippen molar-refractivity contribution < 1.29 is 5.11 Å². The van der Waals surface area contributed by atoms with Gasteiger partial charge in [-0.15, -0.1) is 0 Å². The maximum atomic E-state index is 10.5. The number of hydrogen-bond acceptors (Lipinski definition) is 3. The molecule has 0 saturated heterocycles. The van der Waals surface area contributed by atoms with Crippen LogP contribution in [0.1, 0.15) is 18.1 Å². The molecular weight excluding hydrogens is 272 g/mol. The monoisotopic (exact) mass is 296 g/mol. The van der Waals surface area contributed by atoms with E-state index in [0.717, 1.165) is 31.6 Å². The minimum atomic E-state index is 0.380. The van der Waals surface area contributed by atoms with E-state index in [-0.39, 0.29) is 0 Å². The van der Waals surface area contributed by atoms with Gasteiger partial charge in [0.25, 0.3) is 0 Å². The summed E-state index contributed by atoms with van der Waals surface area (Å²) in [5.41, 5.74) is 4.80. The van der Waals surface area contributed by atoms with Gasteiger partial charge in [-0.3, -0.25) is 0 Å². The zero-order valence-electron chi connectivity index (χ0n) is 13.3. The van der Waals surface area contributed by atoms with E-state index in [9.17, 15) is 5.11 Å². The molecule has 0 fully saturated rings. The van der Waals surface area contributed by atoms with Gasteiger partial charge < -0.3 is 15.3 Å². The van der Waals surface area contributed by atoms with Gasteiger partial charge in [0.2, 0.25) is 0 Å². The van der Waals surface area contributed by atoms with Crippen molar-refractivity contribution in [3.05, 3.63) is 53.6 Å². The first-order valence-electron chi connectivity index (χ1n) is 8.01. The lowest BCUT2D eigenvalue weighted by molar-refractivity contribution is 0.472. The largest absolute Gasteiger partial charge is 0.506 e. The van der Waals surface area contributed by atoms with Crippen molar-refractivity contribution in [2.45, 2.75) is 19.8 Å². The molecule has 3 nitrogen and oxygen atoms in total. The summed E-state index contributed by atoms with van der Waals surface area (Å²) in [7, 11) is 1.98. The second kappa shape index (κ2) is 6.41. The van der Waals surface area contributed by atoms with Gasteiger partial charge in [0, 0.05) is 12.2 Å². The van der Waals surface area contributed by atoms with E-state index in [0.29, 0.717) is 11.7 Å². The van der Waals surface area contributed by atoms with E-state index >= 15 is 0 Å². The molecule has 0 aromatic heterocycles. The lowest BCUT2D eigenvalue weighted by Crippen LogP contribution is -2.30. The average molecular weight is 296 g/mol. The third kappa shape index (κ3) is 2.81. The Morgan fingerprint density at radius 2 is 1.82 bits per heavy atom. The van der Waals surface area contributed by atoms with Crippen LogP contribution in [0.2, 0.25) is 0 Å². The van der Waals surface area contributed by atoms with Crippen molar-refractivity contribution in [3.8, 4) is 5.75 Å². The summed E-state index contributed by atoms with van der Waals surface area (Å²) in [5.74, 6) is 0.870. The summed E-state index contributed by atoms with van der Waals surface area (Å²) in [4.78, 5) is 2.30. The normalized spacial score (nSPS) is 14.9. The molecule has 116 valence electrons. The minimum Gasteiger partial charge on any atom is -0.506 e. The van der Waals surface area contributed by atoms with Crippen LogP contribution in [0, 0.1) is 5.92 Å². The van der Waals surface area contributed by atoms with E-state index in [4.69, 9.17) is 0 Å². The number of anilines is 2. The highest BCUT2D eigenvalue weighted by Crippen LogP contribution is 2.41. The van der Waals surface area contributed by atoms with Gasteiger partial charge in [-0.05, 0) is 55.6 Å². The van der Waals surface area contributed by atoms with Gasteiger partial charge in [0.05, 0.1) is 5.69 Å². The predicted molar refractivity (Wildman–Crippen MR) is 92.1 cm³/mol. The zero-order chi connectivity index (χ0) is 15.5. The van der Waals surface area contributed by atoms with E-state index in [1.54, 1.807) is 6.07 Å². The van der Waals surface area contributed by atoms with Gasteiger partial charge in [0.15, 0.2) is 0 Å². The van der Waals surface area contributed by atoms with Gasteiger partial charge in [0.1, 0.15) is 5.75 Å².